The average Bonchev–Trinajstić information content (AvgIpc) is 2.91. The lowest BCUT2D eigenvalue weighted by molar-refractivity contribution is 0.100. The SMILES string of the molecule is CN(c1ccc(Br)cc1)c1cncc2sc(C(N)=O)cc12. The molecule has 0 saturated heterocycles. The molecule has 2 N–H and O–H groups in total. The number of anilines is 2. The summed E-state index contributed by atoms with van der Waals surface area (Å²) in [5.74, 6) is -0.409. The van der Waals surface area contributed by atoms with Gasteiger partial charge in [0.1, 0.15) is 0 Å². The number of primary amides is 1. The second-order valence-electron chi connectivity index (χ2n) is 4.58. The Balaban J connectivity index is 2.10. The number of amides is 1. The number of pyridine rings is 1. The summed E-state index contributed by atoms with van der Waals surface area (Å²) in [5.41, 5.74) is 7.35. The molecule has 0 atom stereocenters. The van der Waals surface area contributed by atoms with E-state index < -0.39 is 5.91 Å². The molecule has 0 aliphatic carbocycles. The molecule has 0 aliphatic rings. The number of rotatable bonds is 3. The number of nitrogens with two attached hydrogens (primary N) is 1. The Morgan fingerprint density at radius 3 is 2.67 bits per heavy atom. The Bertz CT molecular complexity index is 813. The van der Waals surface area contributed by atoms with Crippen molar-refractivity contribution >= 4 is 54.6 Å². The number of hydrogen-bond donors (Lipinski definition) is 1. The predicted octanol–water partition coefficient (Wildman–Crippen LogP) is 3.93. The van der Waals surface area contributed by atoms with Gasteiger partial charge in [-0.05, 0) is 30.3 Å². The van der Waals surface area contributed by atoms with Gasteiger partial charge in [-0.1, -0.05) is 15.9 Å². The normalized spacial score (nSPS) is 10.8. The first-order valence-electron chi connectivity index (χ1n) is 6.23. The van der Waals surface area contributed by atoms with Gasteiger partial charge in [-0.25, -0.2) is 0 Å². The Kier molecular flexibility index (Phi) is 3.65. The van der Waals surface area contributed by atoms with Gasteiger partial charge < -0.3 is 10.6 Å². The van der Waals surface area contributed by atoms with Gasteiger partial charge in [0, 0.05) is 28.8 Å². The van der Waals surface area contributed by atoms with Crippen LogP contribution in [0.15, 0.2) is 47.2 Å². The minimum Gasteiger partial charge on any atom is -0.365 e. The molecule has 0 aliphatic heterocycles. The van der Waals surface area contributed by atoms with Crippen LogP contribution in [0.5, 0.6) is 0 Å². The maximum absolute atomic E-state index is 11.4. The summed E-state index contributed by atoms with van der Waals surface area (Å²) < 4.78 is 1.98. The van der Waals surface area contributed by atoms with Crippen LogP contribution in [0.3, 0.4) is 0 Å². The van der Waals surface area contributed by atoms with Crippen molar-refractivity contribution in [2.24, 2.45) is 5.73 Å². The van der Waals surface area contributed by atoms with Crippen LogP contribution in [0.2, 0.25) is 0 Å². The van der Waals surface area contributed by atoms with Crippen LogP contribution < -0.4 is 10.6 Å². The number of thiophene rings is 1. The van der Waals surface area contributed by atoms with E-state index in [1.807, 2.05) is 42.3 Å². The molecule has 0 saturated carbocycles. The van der Waals surface area contributed by atoms with E-state index in [9.17, 15) is 4.79 Å². The highest BCUT2D eigenvalue weighted by Gasteiger charge is 2.13. The second-order valence-corrected chi connectivity index (χ2v) is 6.58. The minimum absolute atomic E-state index is 0.409. The third-order valence-electron chi connectivity index (χ3n) is 3.24. The van der Waals surface area contributed by atoms with Gasteiger partial charge in [-0.3, -0.25) is 9.78 Å². The van der Waals surface area contributed by atoms with Crippen molar-refractivity contribution in [1.29, 1.82) is 0 Å². The van der Waals surface area contributed by atoms with Gasteiger partial charge in [-0.15, -0.1) is 11.3 Å². The van der Waals surface area contributed by atoms with Gasteiger partial charge in [0.2, 0.25) is 0 Å². The zero-order valence-corrected chi connectivity index (χ0v) is 13.6. The summed E-state index contributed by atoms with van der Waals surface area (Å²) >= 11 is 4.79. The highest BCUT2D eigenvalue weighted by atomic mass is 79.9. The van der Waals surface area contributed by atoms with E-state index in [4.69, 9.17) is 5.73 Å². The molecule has 3 aromatic rings. The molecule has 1 amide bonds. The van der Waals surface area contributed by atoms with Gasteiger partial charge >= 0.3 is 0 Å². The number of carbonyl (C=O) groups is 1. The zero-order valence-electron chi connectivity index (χ0n) is 11.2. The van der Waals surface area contributed by atoms with Crippen LogP contribution in [-0.4, -0.2) is 17.9 Å². The molecule has 0 unspecified atom stereocenters. The van der Waals surface area contributed by atoms with Crippen molar-refractivity contribution in [3.63, 3.8) is 0 Å². The van der Waals surface area contributed by atoms with Crippen molar-refractivity contribution < 1.29 is 4.79 Å². The number of nitrogens with zero attached hydrogens (tertiary/aromatic N) is 2. The van der Waals surface area contributed by atoms with E-state index in [0.717, 1.165) is 25.9 Å². The summed E-state index contributed by atoms with van der Waals surface area (Å²) in [6.07, 6.45) is 3.55. The first-order valence-corrected chi connectivity index (χ1v) is 7.84. The lowest BCUT2D eigenvalue weighted by Gasteiger charge is -2.20. The molecule has 0 bridgehead atoms. The van der Waals surface area contributed by atoms with Gasteiger partial charge in [-0.2, -0.15) is 0 Å². The third kappa shape index (κ3) is 2.64. The fourth-order valence-corrected chi connectivity index (χ4v) is 3.30. The smallest absolute Gasteiger partial charge is 0.258 e. The third-order valence-corrected chi connectivity index (χ3v) is 4.86. The maximum Gasteiger partial charge on any atom is 0.258 e. The molecule has 2 heterocycles. The van der Waals surface area contributed by atoms with Crippen molar-refractivity contribution in [2.75, 3.05) is 11.9 Å². The average molecular weight is 362 g/mol. The van der Waals surface area contributed by atoms with Crippen LogP contribution in [0, 0.1) is 0 Å². The summed E-state index contributed by atoms with van der Waals surface area (Å²) in [4.78, 5) is 18.2. The van der Waals surface area contributed by atoms with E-state index in [0.29, 0.717) is 4.88 Å². The fourth-order valence-electron chi connectivity index (χ4n) is 2.14. The van der Waals surface area contributed by atoms with E-state index in [-0.39, 0.29) is 0 Å². The summed E-state index contributed by atoms with van der Waals surface area (Å²) in [7, 11) is 1.97. The number of aromatic nitrogens is 1. The highest BCUT2D eigenvalue weighted by molar-refractivity contribution is 9.10. The summed E-state index contributed by atoms with van der Waals surface area (Å²) in [6, 6.07) is 9.84. The fraction of sp³-hybridized carbons (Fsp3) is 0.0667. The first-order chi connectivity index (χ1) is 10.1. The number of fused-ring (bicyclic) bond motifs is 1. The van der Waals surface area contributed by atoms with Crippen molar-refractivity contribution in [3.8, 4) is 0 Å². The van der Waals surface area contributed by atoms with Crippen LogP contribution in [0.1, 0.15) is 9.67 Å². The summed E-state index contributed by atoms with van der Waals surface area (Å²) in [6.45, 7) is 0. The van der Waals surface area contributed by atoms with E-state index >= 15 is 0 Å². The molecule has 0 radical (unpaired) electrons. The van der Waals surface area contributed by atoms with Crippen molar-refractivity contribution in [2.45, 2.75) is 0 Å². The maximum atomic E-state index is 11.4. The van der Waals surface area contributed by atoms with Gasteiger partial charge in [0.05, 0.1) is 21.5 Å². The standard InChI is InChI=1S/C15H12BrN3OS/c1-19(10-4-2-9(16)3-5-10)12-7-18-8-14-11(12)6-13(21-14)15(17)20/h2-8H,1H3,(H2,17,20). The molecule has 2 aromatic heterocycles. The monoisotopic (exact) mass is 361 g/mol. The Labute approximate surface area is 134 Å². The van der Waals surface area contributed by atoms with Gasteiger partial charge in [0.25, 0.3) is 5.91 Å². The summed E-state index contributed by atoms with van der Waals surface area (Å²) in [5, 5.41) is 0.981. The Hall–Kier alpha value is -1.92. The van der Waals surface area contributed by atoms with Crippen LogP contribution in [0.25, 0.3) is 10.1 Å². The molecule has 106 valence electrons. The number of hydrogen-bond acceptors (Lipinski definition) is 4. The lowest BCUT2D eigenvalue weighted by Crippen LogP contribution is -2.10. The largest absolute Gasteiger partial charge is 0.365 e. The first kappa shape index (κ1) is 14.0. The molecule has 3 rings (SSSR count). The van der Waals surface area contributed by atoms with Crippen LogP contribution in [-0.2, 0) is 0 Å². The number of benzene rings is 1. The zero-order chi connectivity index (χ0) is 15.0. The quantitative estimate of drug-likeness (QED) is 0.768. The van der Waals surface area contributed by atoms with E-state index in [1.54, 1.807) is 12.4 Å². The second kappa shape index (κ2) is 5.46. The molecule has 21 heavy (non-hydrogen) atoms. The van der Waals surface area contributed by atoms with E-state index in [2.05, 4.69) is 20.9 Å². The molecule has 6 heteroatoms. The van der Waals surface area contributed by atoms with Gasteiger partial charge in [0.15, 0.2) is 0 Å². The minimum atomic E-state index is -0.409. The molecular formula is C15H12BrN3OS. The predicted molar refractivity (Wildman–Crippen MR) is 90.3 cm³/mol. The molecule has 0 spiro atoms. The lowest BCUT2D eigenvalue weighted by atomic mass is 10.2. The van der Waals surface area contributed by atoms with Crippen molar-refractivity contribution in [3.05, 3.63) is 52.1 Å². The highest BCUT2D eigenvalue weighted by Crippen LogP contribution is 2.35. The molecule has 0 fully saturated rings. The molecule has 4 nitrogen and oxygen atoms in total. The molecule has 1 aromatic carbocycles. The number of carbonyl (C=O) groups excluding carboxylic acids is 1. The Morgan fingerprint density at radius 2 is 2.00 bits per heavy atom. The van der Waals surface area contributed by atoms with E-state index in [1.165, 1.54) is 11.3 Å². The topological polar surface area (TPSA) is 59.2 Å². The molecular weight excluding hydrogens is 350 g/mol. The Morgan fingerprint density at radius 1 is 1.29 bits per heavy atom. The van der Waals surface area contributed by atoms with Crippen LogP contribution in [0.4, 0.5) is 11.4 Å². The van der Waals surface area contributed by atoms with Crippen LogP contribution >= 0.6 is 27.3 Å². The number of halogens is 1. The van der Waals surface area contributed by atoms with Crippen molar-refractivity contribution in [1.82, 2.24) is 4.98 Å².